The highest BCUT2D eigenvalue weighted by Gasteiger charge is 2.41. The van der Waals surface area contributed by atoms with Gasteiger partial charge in [-0.1, -0.05) is 13.8 Å². The molecule has 2 rings (SSSR count). The van der Waals surface area contributed by atoms with Crippen molar-refractivity contribution < 1.29 is 19.3 Å². The highest BCUT2D eigenvalue weighted by molar-refractivity contribution is 5.63. The predicted molar refractivity (Wildman–Crippen MR) is 68.7 cm³/mol. The molecular weight excluding hydrogens is 232 g/mol. The third-order valence-electron chi connectivity index (χ3n) is 3.60. The van der Waals surface area contributed by atoms with Crippen molar-refractivity contribution in [1.82, 2.24) is 0 Å². The zero-order valence-corrected chi connectivity index (χ0v) is 11.5. The first-order valence-corrected chi connectivity index (χ1v) is 5.97. The number of hydrogen-bond acceptors (Lipinski definition) is 4. The molecule has 1 aliphatic carbocycles. The molecule has 4 heteroatoms. The Balaban J connectivity index is 2.76. The first kappa shape index (κ1) is 13.0. The highest BCUT2D eigenvalue weighted by atomic mass is 16.5. The monoisotopic (exact) mass is 252 g/mol. The molecule has 0 amide bonds. The second-order valence-electron chi connectivity index (χ2n) is 5.21. The van der Waals surface area contributed by atoms with Crippen molar-refractivity contribution >= 4 is 0 Å². The summed E-state index contributed by atoms with van der Waals surface area (Å²) in [6, 6.07) is 1.84. The Hall–Kier alpha value is -1.42. The normalized spacial score (nSPS) is 20.4. The number of aliphatic hydroxyl groups excluding tert-OH is 1. The van der Waals surface area contributed by atoms with Gasteiger partial charge < -0.3 is 19.3 Å². The molecule has 1 aromatic rings. The lowest BCUT2D eigenvalue weighted by atomic mass is 9.85. The van der Waals surface area contributed by atoms with E-state index in [0.29, 0.717) is 23.7 Å². The van der Waals surface area contributed by atoms with Crippen LogP contribution in [0.1, 0.15) is 37.5 Å². The Morgan fingerprint density at radius 2 is 1.72 bits per heavy atom. The molecule has 18 heavy (non-hydrogen) atoms. The second-order valence-corrected chi connectivity index (χ2v) is 5.21. The standard InChI is InChI=1S/C14H20O4/c1-14(2)7-9(15)8-6-10(16-3)12(17-4)13(18-5)11(8)14/h6,9,15H,7H2,1-5H3/t9-/m0/s1. The van der Waals surface area contributed by atoms with E-state index in [2.05, 4.69) is 13.8 Å². The lowest BCUT2D eigenvalue weighted by molar-refractivity contribution is 0.161. The lowest BCUT2D eigenvalue weighted by Crippen LogP contribution is -2.14. The van der Waals surface area contributed by atoms with E-state index in [9.17, 15) is 5.11 Å². The molecule has 0 spiro atoms. The molecule has 0 aliphatic heterocycles. The first-order chi connectivity index (χ1) is 8.46. The number of rotatable bonds is 3. The SMILES string of the molecule is COc1cc2c(c(OC)c1OC)C(C)(C)C[C@@H]2O. The molecule has 4 nitrogen and oxygen atoms in total. The van der Waals surface area contributed by atoms with E-state index in [-0.39, 0.29) is 5.41 Å². The maximum absolute atomic E-state index is 10.2. The van der Waals surface area contributed by atoms with Gasteiger partial charge in [0.05, 0.1) is 27.4 Å². The molecule has 0 fully saturated rings. The van der Waals surface area contributed by atoms with E-state index in [1.807, 2.05) is 6.07 Å². The zero-order valence-electron chi connectivity index (χ0n) is 11.5. The average molecular weight is 252 g/mol. The van der Waals surface area contributed by atoms with Crippen LogP contribution in [0.4, 0.5) is 0 Å². The second kappa shape index (κ2) is 4.35. The largest absolute Gasteiger partial charge is 0.493 e. The fraction of sp³-hybridized carbons (Fsp3) is 0.571. The van der Waals surface area contributed by atoms with Crippen LogP contribution in [0.15, 0.2) is 6.07 Å². The van der Waals surface area contributed by atoms with Crippen LogP contribution in [0.3, 0.4) is 0 Å². The van der Waals surface area contributed by atoms with Gasteiger partial charge in [-0.05, 0) is 23.5 Å². The molecule has 1 atom stereocenters. The summed E-state index contributed by atoms with van der Waals surface area (Å²) in [4.78, 5) is 0. The molecule has 1 aliphatic rings. The van der Waals surface area contributed by atoms with Crippen LogP contribution >= 0.6 is 0 Å². The summed E-state index contributed by atoms with van der Waals surface area (Å²) in [6.45, 7) is 4.19. The molecular formula is C14H20O4. The molecule has 0 saturated carbocycles. The van der Waals surface area contributed by atoms with E-state index < -0.39 is 6.10 Å². The van der Waals surface area contributed by atoms with Crippen molar-refractivity contribution in [2.45, 2.75) is 31.8 Å². The molecule has 0 heterocycles. The molecule has 100 valence electrons. The lowest BCUT2D eigenvalue weighted by Gasteiger charge is -2.23. The van der Waals surface area contributed by atoms with Crippen molar-refractivity contribution in [2.24, 2.45) is 0 Å². The molecule has 0 saturated heterocycles. The fourth-order valence-corrected chi connectivity index (χ4v) is 2.83. The number of aliphatic hydroxyl groups is 1. The summed E-state index contributed by atoms with van der Waals surface area (Å²) in [6.07, 6.45) is 0.193. The van der Waals surface area contributed by atoms with Crippen LogP contribution in [-0.2, 0) is 5.41 Å². The summed E-state index contributed by atoms with van der Waals surface area (Å²) >= 11 is 0. The van der Waals surface area contributed by atoms with E-state index in [0.717, 1.165) is 11.1 Å². The van der Waals surface area contributed by atoms with Gasteiger partial charge in [-0.15, -0.1) is 0 Å². The third-order valence-corrected chi connectivity index (χ3v) is 3.60. The number of ether oxygens (including phenoxy) is 3. The maximum atomic E-state index is 10.2. The summed E-state index contributed by atoms with van der Waals surface area (Å²) in [5.41, 5.74) is 1.74. The van der Waals surface area contributed by atoms with Crippen LogP contribution in [0, 0.1) is 0 Å². The smallest absolute Gasteiger partial charge is 0.203 e. The van der Waals surface area contributed by atoms with Crippen molar-refractivity contribution in [3.8, 4) is 17.2 Å². The summed E-state index contributed by atoms with van der Waals surface area (Å²) in [5.74, 6) is 1.83. The van der Waals surface area contributed by atoms with Gasteiger partial charge in [0.25, 0.3) is 0 Å². The zero-order chi connectivity index (χ0) is 13.5. The van der Waals surface area contributed by atoms with Crippen LogP contribution < -0.4 is 14.2 Å². The number of hydrogen-bond donors (Lipinski definition) is 1. The van der Waals surface area contributed by atoms with Crippen molar-refractivity contribution in [2.75, 3.05) is 21.3 Å². The van der Waals surface area contributed by atoms with E-state index in [4.69, 9.17) is 14.2 Å². The molecule has 1 aromatic carbocycles. The summed E-state index contributed by atoms with van der Waals surface area (Å²) < 4.78 is 16.2. The highest BCUT2D eigenvalue weighted by Crippen LogP contribution is 2.54. The third kappa shape index (κ3) is 1.72. The Kier molecular flexibility index (Phi) is 3.15. The Morgan fingerprint density at radius 1 is 1.11 bits per heavy atom. The van der Waals surface area contributed by atoms with Crippen LogP contribution in [0.25, 0.3) is 0 Å². The van der Waals surface area contributed by atoms with Gasteiger partial charge in [-0.25, -0.2) is 0 Å². The van der Waals surface area contributed by atoms with Crippen molar-refractivity contribution in [3.63, 3.8) is 0 Å². The van der Waals surface area contributed by atoms with Gasteiger partial charge in [0.15, 0.2) is 11.5 Å². The quantitative estimate of drug-likeness (QED) is 0.897. The van der Waals surface area contributed by atoms with E-state index >= 15 is 0 Å². The minimum Gasteiger partial charge on any atom is -0.493 e. The van der Waals surface area contributed by atoms with Crippen molar-refractivity contribution in [3.05, 3.63) is 17.2 Å². The van der Waals surface area contributed by atoms with Gasteiger partial charge in [0.1, 0.15) is 0 Å². The number of methoxy groups -OCH3 is 3. The van der Waals surface area contributed by atoms with Gasteiger partial charge in [-0.2, -0.15) is 0 Å². The van der Waals surface area contributed by atoms with Gasteiger partial charge in [0, 0.05) is 5.56 Å². The number of benzene rings is 1. The minimum absolute atomic E-state index is 0.139. The molecule has 0 radical (unpaired) electrons. The number of fused-ring (bicyclic) bond motifs is 1. The summed E-state index contributed by atoms with van der Waals surface area (Å²) in [5, 5.41) is 10.2. The average Bonchev–Trinajstić information content (AvgIpc) is 2.57. The van der Waals surface area contributed by atoms with Crippen molar-refractivity contribution in [1.29, 1.82) is 0 Å². The van der Waals surface area contributed by atoms with Gasteiger partial charge in [-0.3, -0.25) is 0 Å². The topological polar surface area (TPSA) is 47.9 Å². The van der Waals surface area contributed by atoms with Gasteiger partial charge in [0.2, 0.25) is 5.75 Å². The van der Waals surface area contributed by atoms with Crippen LogP contribution in [-0.4, -0.2) is 26.4 Å². The molecule has 1 N–H and O–H groups in total. The van der Waals surface area contributed by atoms with Crippen LogP contribution in [0.2, 0.25) is 0 Å². The van der Waals surface area contributed by atoms with Crippen LogP contribution in [0.5, 0.6) is 17.2 Å². The van der Waals surface area contributed by atoms with E-state index in [1.54, 1.807) is 21.3 Å². The predicted octanol–water partition coefficient (Wildman–Crippen LogP) is 2.43. The Bertz CT molecular complexity index is 465. The fourth-order valence-electron chi connectivity index (χ4n) is 2.83. The van der Waals surface area contributed by atoms with E-state index in [1.165, 1.54) is 0 Å². The summed E-state index contributed by atoms with van der Waals surface area (Å²) in [7, 11) is 4.78. The Morgan fingerprint density at radius 3 is 2.22 bits per heavy atom. The first-order valence-electron chi connectivity index (χ1n) is 5.97. The maximum Gasteiger partial charge on any atom is 0.203 e. The minimum atomic E-state index is -0.483. The van der Waals surface area contributed by atoms with Gasteiger partial charge >= 0.3 is 0 Å². The molecule has 0 aromatic heterocycles. The Labute approximate surface area is 107 Å². The molecule has 0 unspecified atom stereocenters. The molecule has 0 bridgehead atoms.